The van der Waals surface area contributed by atoms with Crippen molar-refractivity contribution in [3.05, 3.63) is 41.8 Å². The lowest BCUT2D eigenvalue weighted by Crippen LogP contribution is -1.91. The summed E-state index contributed by atoms with van der Waals surface area (Å²) < 4.78 is 5.16. The number of hydrogen-bond acceptors (Lipinski definition) is 3. The van der Waals surface area contributed by atoms with Crippen molar-refractivity contribution in [1.82, 2.24) is 9.97 Å². The summed E-state index contributed by atoms with van der Waals surface area (Å²) in [5.41, 5.74) is 1.78. The Morgan fingerprint density at radius 2 is 2.20 bits per heavy atom. The quantitative estimate of drug-likeness (QED) is 0.781. The maximum atomic E-state index is 5.89. The molecule has 76 valence electrons. The molecule has 0 amide bonds. The van der Waals surface area contributed by atoms with Crippen LogP contribution in [0.3, 0.4) is 0 Å². The monoisotopic (exact) mass is 220 g/mol. The van der Waals surface area contributed by atoms with Gasteiger partial charge in [-0.25, -0.2) is 4.98 Å². The van der Waals surface area contributed by atoms with Crippen LogP contribution in [0.2, 0.25) is 5.02 Å². The maximum Gasteiger partial charge on any atom is 0.221 e. The molecule has 0 spiro atoms. The summed E-state index contributed by atoms with van der Waals surface area (Å²) in [6.45, 7) is 0. The molecule has 0 aliphatic heterocycles. The molecule has 0 N–H and O–H groups in total. The van der Waals surface area contributed by atoms with E-state index in [-0.39, 0.29) is 0 Å². The van der Waals surface area contributed by atoms with Crippen molar-refractivity contribution >= 4 is 11.6 Å². The Morgan fingerprint density at radius 3 is 2.87 bits per heavy atom. The van der Waals surface area contributed by atoms with Crippen LogP contribution in [-0.2, 0) is 0 Å². The fraction of sp³-hybridized carbons (Fsp3) is 0.0909. The molecule has 15 heavy (non-hydrogen) atoms. The average Bonchev–Trinajstić information content (AvgIpc) is 2.30. The molecule has 0 radical (unpaired) electrons. The first kappa shape index (κ1) is 9.93. The lowest BCUT2D eigenvalue weighted by Gasteiger charge is -2.06. The van der Waals surface area contributed by atoms with E-state index in [1.807, 2.05) is 18.2 Å². The zero-order chi connectivity index (χ0) is 10.7. The highest BCUT2D eigenvalue weighted by Gasteiger charge is 2.07. The highest BCUT2D eigenvalue weighted by Crippen LogP contribution is 2.29. The van der Waals surface area contributed by atoms with Gasteiger partial charge in [0.2, 0.25) is 5.88 Å². The van der Waals surface area contributed by atoms with E-state index >= 15 is 0 Å². The number of aromatic nitrogens is 2. The van der Waals surface area contributed by atoms with Crippen LogP contribution in [0.4, 0.5) is 0 Å². The van der Waals surface area contributed by atoms with Crippen molar-refractivity contribution in [3.8, 4) is 17.0 Å². The topological polar surface area (TPSA) is 35.0 Å². The summed E-state index contributed by atoms with van der Waals surface area (Å²) in [6, 6.07) is 5.60. The van der Waals surface area contributed by atoms with Crippen LogP contribution >= 0.6 is 11.6 Å². The Kier molecular flexibility index (Phi) is 2.83. The first-order chi connectivity index (χ1) is 7.31. The molecule has 0 aliphatic rings. The second kappa shape index (κ2) is 4.28. The van der Waals surface area contributed by atoms with E-state index in [2.05, 4.69) is 9.97 Å². The Hall–Kier alpha value is -1.61. The molecule has 0 aromatic carbocycles. The summed E-state index contributed by atoms with van der Waals surface area (Å²) in [7, 11) is 1.58. The molecule has 0 saturated carbocycles. The van der Waals surface area contributed by atoms with Crippen LogP contribution in [0.1, 0.15) is 0 Å². The van der Waals surface area contributed by atoms with E-state index in [1.54, 1.807) is 25.7 Å². The van der Waals surface area contributed by atoms with Gasteiger partial charge >= 0.3 is 0 Å². The fourth-order valence-electron chi connectivity index (χ4n) is 1.32. The van der Waals surface area contributed by atoms with Crippen molar-refractivity contribution in [3.63, 3.8) is 0 Å². The average molecular weight is 221 g/mol. The van der Waals surface area contributed by atoms with Gasteiger partial charge in [-0.1, -0.05) is 17.7 Å². The van der Waals surface area contributed by atoms with Crippen LogP contribution in [0.15, 0.2) is 36.8 Å². The number of rotatable bonds is 2. The molecule has 0 fully saturated rings. The van der Waals surface area contributed by atoms with Gasteiger partial charge in [-0.2, -0.15) is 0 Å². The van der Waals surface area contributed by atoms with E-state index in [0.29, 0.717) is 10.9 Å². The van der Waals surface area contributed by atoms with Crippen LogP contribution in [0, 0.1) is 0 Å². The lowest BCUT2D eigenvalue weighted by atomic mass is 10.1. The van der Waals surface area contributed by atoms with Crippen LogP contribution in [-0.4, -0.2) is 17.1 Å². The molecule has 2 heterocycles. The highest BCUT2D eigenvalue weighted by molar-refractivity contribution is 6.30. The smallest absolute Gasteiger partial charge is 0.221 e. The predicted molar refractivity (Wildman–Crippen MR) is 59.0 cm³/mol. The van der Waals surface area contributed by atoms with Crippen LogP contribution in [0.5, 0.6) is 5.88 Å². The normalized spacial score (nSPS) is 10.0. The fourth-order valence-corrected chi connectivity index (χ4v) is 1.48. The number of nitrogens with zero attached hydrogens (tertiary/aromatic N) is 2. The summed E-state index contributed by atoms with van der Waals surface area (Å²) in [4.78, 5) is 8.13. The molecule has 3 nitrogen and oxygen atoms in total. The number of pyridine rings is 2. The van der Waals surface area contributed by atoms with Gasteiger partial charge in [-0.15, -0.1) is 0 Å². The number of hydrogen-bond donors (Lipinski definition) is 0. The molecule has 2 aromatic heterocycles. The second-order valence-electron chi connectivity index (χ2n) is 2.95. The minimum atomic E-state index is 0.549. The van der Waals surface area contributed by atoms with E-state index in [1.165, 1.54) is 0 Å². The molecule has 2 aromatic rings. The van der Waals surface area contributed by atoms with Gasteiger partial charge in [0.1, 0.15) is 0 Å². The molecule has 0 bridgehead atoms. The zero-order valence-electron chi connectivity index (χ0n) is 8.14. The molecular formula is C11H9ClN2O. The van der Waals surface area contributed by atoms with E-state index in [4.69, 9.17) is 16.3 Å². The summed E-state index contributed by atoms with van der Waals surface area (Å²) in [6.07, 6.45) is 5.02. The van der Waals surface area contributed by atoms with E-state index in [9.17, 15) is 0 Å². The molecule has 2 rings (SSSR count). The first-order valence-electron chi connectivity index (χ1n) is 4.41. The minimum absolute atomic E-state index is 0.549. The third-order valence-electron chi connectivity index (χ3n) is 1.98. The van der Waals surface area contributed by atoms with Crippen molar-refractivity contribution in [2.45, 2.75) is 0 Å². The van der Waals surface area contributed by atoms with E-state index in [0.717, 1.165) is 11.1 Å². The molecule has 0 unspecified atom stereocenters. The Labute approximate surface area is 92.7 Å². The van der Waals surface area contributed by atoms with Gasteiger partial charge < -0.3 is 4.74 Å². The third-order valence-corrected chi connectivity index (χ3v) is 2.19. The van der Waals surface area contributed by atoms with Gasteiger partial charge in [0.25, 0.3) is 0 Å². The Balaban J connectivity index is 2.56. The minimum Gasteiger partial charge on any atom is -0.481 e. The van der Waals surface area contributed by atoms with Crippen LogP contribution in [0.25, 0.3) is 11.1 Å². The zero-order valence-corrected chi connectivity index (χ0v) is 8.90. The third kappa shape index (κ3) is 2.07. The van der Waals surface area contributed by atoms with Crippen molar-refractivity contribution in [2.75, 3.05) is 7.11 Å². The number of methoxy groups -OCH3 is 1. The molecule has 0 atom stereocenters. The van der Waals surface area contributed by atoms with Crippen molar-refractivity contribution in [2.24, 2.45) is 0 Å². The van der Waals surface area contributed by atoms with Crippen molar-refractivity contribution in [1.29, 1.82) is 0 Å². The van der Waals surface area contributed by atoms with Crippen molar-refractivity contribution < 1.29 is 4.74 Å². The standard InChI is InChI=1S/C11H9ClN2O/c1-15-11-10(5-9(12)7-14-11)8-3-2-4-13-6-8/h2-7H,1H3. The van der Waals surface area contributed by atoms with Gasteiger partial charge in [0.05, 0.1) is 12.1 Å². The van der Waals surface area contributed by atoms with Crippen LogP contribution < -0.4 is 4.74 Å². The van der Waals surface area contributed by atoms with E-state index < -0.39 is 0 Å². The predicted octanol–water partition coefficient (Wildman–Crippen LogP) is 2.81. The SMILES string of the molecule is COc1ncc(Cl)cc1-c1cccnc1. The molecule has 0 saturated heterocycles. The second-order valence-corrected chi connectivity index (χ2v) is 3.39. The number of halogens is 1. The summed E-state index contributed by atoms with van der Waals surface area (Å²) in [5, 5.41) is 0.578. The summed E-state index contributed by atoms with van der Waals surface area (Å²) >= 11 is 5.89. The van der Waals surface area contributed by atoms with Gasteiger partial charge in [-0.3, -0.25) is 4.98 Å². The maximum absolute atomic E-state index is 5.89. The lowest BCUT2D eigenvalue weighted by molar-refractivity contribution is 0.399. The number of ether oxygens (including phenoxy) is 1. The molecular weight excluding hydrogens is 212 g/mol. The van der Waals surface area contributed by atoms with Gasteiger partial charge in [-0.05, 0) is 12.1 Å². The van der Waals surface area contributed by atoms with Gasteiger partial charge in [0.15, 0.2) is 0 Å². The first-order valence-corrected chi connectivity index (χ1v) is 4.79. The highest BCUT2D eigenvalue weighted by atomic mass is 35.5. The van der Waals surface area contributed by atoms with Gasteiger partial charge in [0, 0.05) is 29.7 Å². The largest absolute Gasteiger partial charge is 0.481 e. The Bertz CT molecular complexity index is 459. The summed E-state index contributed by atoms with van der Waals surface area (Å²) in [5.74, 6) is 0.549. The Morgan fingerprint density at radius 1 is 1.33 bits per heavy atom. The molecule has 0 aliphatic carbocycles. The molecule has 4 heteroatoms.